The third kappa shape index (κ3) is 3.61. The van der Waals surface area contributed by atoms with Gasteiger partial charge in [-0.25, -0.2) is 17.9 Å². The predicted molar refractivity (Wildman–Crippen MR) is 93.0 cm³/mol. The van der Waals surface area contributed by atoms with Crippen molar-refractivity contribution in [2.45, 2.75) is 24.2 Å². The summed E-state index contributed by atoms with van der Waals surface area (Å²) < 4.78 is 32.5. The molecule has 3 rings (SSSR count). The number of carbonyl (C=O) groups is 1. The van der Waals surface area contributed by atoms with Crippen molar-refractivity contribution in [2.75, 3.05) is 18.0 Å². The Labute approximate surface area is 145 Å². The lowest BCUT2D eigenvalue weighted by Gasteiger charge is -2.13. The second-order valence-corrected chi connectivity index (χ2v) is 8.95. The molecule has 8 heteroatoms. The van der Waals surface area contributed by atoms with Crippen molar-refractivity contribution >= 4 is 33.1 Å². The first-order valence-electron chi connectivity index (χ1n) is 7.46. The molecular weight excluding hydrogens is 348 g/mol. The molecule has 1 aliphatic rings. The molecule has 1 saturated heterocycles. The second-order valence-electron chi connectivity index (χ2n) is 5.67. The first-order chi connectivity index (χ1) is 11.3. The Hall–Kier alpha value is -1.90. The number of cyclic esters (lactones) is 1. The van der Waals surface area contributed by atoms with E-state index in [-0.39, 0.29) is 10.8 Å². The standard InChI is InChI=1S/C16H18N2O4S2/c1-11-3-6-13(7-4-11)18-10-14(22-16(18)19)9-17-24(20,21)15-8-5-12(2)23-15/h3-8,14,17H,9-10H2,1-2H3. The highest BCUT2D eigenvalue weighted by Gasteiger charge is 2.33. The number of hydrogen-bond donors (Lipinski definition) is 1. The zero-order chi connectivity index (χ0) is 17.3. The van der Waals surface area contributed by atoms with Gasteiger partial charge in [0.2, 0.25) is 10.0 Å². The van der Waals surface area contributed by atoms with E-state index < -0.39 is 22.2 Å². The Morgan fingerprint density at radius 2 is 1.92 bits per heavy atom. The monoisotopic (exact) mass is 366 g/mol. The highest BCUT2D eigenvalue weighted by molar-refractivity contribution is 7.91. The molecule has 6 nitrogen and oxygen atoms in total. The fourth-order valence-corrected chi connectivity index (χ4v) is 4.79. The molecule has 1 fully saturated rings. The average Bonchev–Trinajstić information content (AvgIpc) is 3.13. The first-order valence-corrected chi connectivity index (χ1v) is 9.76. The Kier molecular flexibility index (Phi) is 4.62. The van der Waals surface area contributed by atoms with Crippen LogP contribution in [0.4, 0.5) is 10.5 Å². The summed E-state index contributed by atoms with van der Waals surface area (Å²) in [5.74, 6) is 0. The summed E-state index contributed by atoms with van der Waals surface area (Å²) in [5, 5.41) is 0. The van der Waals surface area contributed by atoms with Crippen molar-refractivity contribution in [3.63, 3.8) is 0 Å². The Morgan fingerprint density at radius 1 is 1.21 bits per heavy atom. The van der Waals surface area contributed by atoms with Crippen LogP contribution in [0.5, 0.6) is 0 Å². The molecule has 0 radical (unpaired) electrons. The van der Waals surface area contributed by atoms with E-state index in [1.54, 1.807) is 12.1 Å². The number of rotatable bonds is 5. The molecule has 1 aliphatic heterocycles. The largest absolute Gasteiger partial charge is 0.443 e. The van der Waals surface area contributed by atoms with E-state index in [2.05, 4.69) is 4.72 Å². The Bertz CT molecular complexity index is 843. The molecule has 128 valence electrons. The van der Waals surface area contributed by atoms with Crippen molar-refractivity contribution in [3.05, 3.63) is 46.8 Å². The second kappa shape index (κ2) is 6.54. The minimum absolute atomic E-state index is 0.0490. The first kappa shape index (κ1) is 16.9. The van der Waals surface area contributed by atoms with E-state index in [9.17, 15) is 13.2 Å². The van der Waals surface area contributed by atoms with Gasteiger partial charge in [0, 0.05) is 17.1 Å². The molecule has 1 aromatic heterocycles. The topological polar surface area (TPSA) is 75.7 Å². The van der Waals surface area contributed by atoms with Crippen LogP contribution >= 0.6 is 11.3 Å². The van der Waals surface area contributed by atoms with Crippen molar-refractivity contribution < 1.29 is 17.9 Å². The van der Waals surface area contributed by atoms with E-state index >= 15 is 0 Å². The maximum Gasteiger partial charge on any atom is 0.414 e. The van der Waals surface area contributed by atoms with Gasteiger partial charge < -0.3 is 4.74 Å². The van der Waals surface area contributed by atoms with Crippen LogP contribution in [0, 0.1) is 13.8 Å². The number of nitrogens with zero attached hydrogens (tertiary/aromatic N) is 1. The number of amides is 1. The minimum Gasteiger partial charge on any atom is -0.443 e. The third-order valence-corrected chi connectivity index (χ3v) is 6.62. The van der Waals surface area contributed by atoms with E-state index in [4.69, 9.17) is 4.74 Å². The van der Waals surface area contributed by atoms with Gasteiger partial charge in [-0.2, -0.15) is 0 Å². The predicted octanol–water partition coefficient (Wildman–Crippen LogP) is 2.67. The van der Waals surface area contributed by atoms with Gasteiger partial charge in [-0.15, -0.1) is 11.3 Å². The molecule has 0 bridgehead atoms. The lowest BCUT2D eigenvalue weighted by atomic mass is 10.2. The van der Waals surface area contributed by atoms with E-state index in [0.717, 1.165) is 16.1 Å². The summed E-state index contributed by atoms with van der Waals surface area (Å²) in [6.45, 7) is 4.18. The van der Waals surface area contributed by atoms with Gasteiger partial charge in [-0.3, -0.25) is 4.90 Å². The maximum atomic E-state index is 12.2. The van der Waals surface area contributed by atoms with Gasteiger partial charge in [-0.1, -0.05) is 17.7 Å². The van der Waals surface area contributed by atoms with Gasteiger partial charge in [0.1, 0.15) is 10.3 Å². The molecule has 0 saturated carbocycles. The number of nitrogens with one attached hydrogen (secondary N) is 1. The molecule has 0 aliphatic carbocycles. The molecule has 1 amide bonds. The number of anilines is 1. The van der Waals surface area contributed by atoms with Gasteiger partial charge in [0.05, 0.1) is 6.54 Å². The molecule has 2 aromatic rings. The minimum atomic E-state index is -3.57. The molecule has 0 spiro atoms. The van der Waals surface area contributed by atoms with E-state index in [0.29, 0.717) is 6.54 Å². The maximum absolute atomic E-state index is 12.2. The van der Waals surface area contributed by atoms with Crippen molar-refractivity contribution in [1.29, 1.82) is 0 Å². The van der Waals surface area contributed by atoms with Crippen LogP contribution in [0.25, 0.3) is 0 Å². The number of thiophene rings is 1. The van der Waals surface area contributed by atoms with Crippen LogP contribution in [0.1, 0.15) is 10.4 Å². The normalized spacial score (nSPS) is 18.0. The summed E-state index contributed by atoms with van der Waals surface area (Å²) >= 11 is 1.21. The van der Waals surface area contributed by atoms with Crippen molar-refractivity contribution in [1.82, 2.24) is 4.72 Å². The number of aryl methyl sites for hydroxylation is 2. The van der Waals surface area contributed by atoms with Gasteiger partial charge in [0.25, 0.3) is 0 Å². The molecular formula is C16H18N2O4S2. The average molecular weight is 366 g/mol. The zero-order valence-electron chi connectivity index (χ0n) is 13.4. The lowest BCUT2D eigenvalue weighted by molar-refractivity contribution is 0.143. The SMILES string of the molecule is Cc1ccc(N2CC(CNS(=O)(=O)c3ccc(C)s3)OC2=O)cc1. The lowest BCUT2D eigenvalue weighted by Crippen LogP contribution is -2.34. The van der Waals surface area contributed by atoms with Crippen LogP contribution in [0.15, 0.2) is 40.6 Å². The molecule has 1 unspecified atom stereocenters. The zero-order valence-corrected chi connectivity index (χ0v) is 15.0. The number of ether oxygens (including phenoxy) is 1. The fraction of sp³-hybridized carbons (Fsp3) is 0.312. The number of carbonyl (C=O) groups excluding carboxylic acids is 1. The number of benzene rings is 1. The fourth-order valence-electron chi connectivity index (χ4n) is 2.39. The summed E-state index contributed by atoms with van der Waals surface area (Å²) in [4.78, 5) is 14.4. The van der Waals surface area contributed by atoms with Gasteiger partial charge in [0.15, 0.2) is 0 Å². The van der Waals surface area contributed by atoms with Crippen molar-refractivity contribution in [2.24, 2.45) is 0 Å². The smallest absolute Gasteiger partial charge is 0.414 e. The molecule has 1 atom stereocenters. The summed E-state index contributed by atoms with van der Waals surface area (Å²) in [5.41, 5.74) is 1.84. The van der Waals surface area contributed by atoms with Gasteiger partial charge >= 0.3 is 6.09 Å². The molecule has 1 aromatic carbocycles. The van der Waals surface area contributed by atoms with Crippen LogP contribution in [0.2, 0.25) is 0 Å². The van der Waals surface area contributed by atoms with Crippen LogP contribution < -0.4 is 9.62 Å². The molecule has 1 N–H and O–H groups in total. The summed E-state index contributed by atoms with van der Waals surface area (Å²) in [6, 6.07) is 10.8. The van der Waals surface area contributed by atoms with Crippen LogP contribution in [-0.4, -0.2) is 33.7 Å². The summed E-state index contributed by atoms with van der Waals surface area (Å²) in [6.07, 6.45) is -0.982. The molecule has 24 heavy (non-hydrogen) atoms. The van der Waals surface area contributed by atoms with E-state index in [1.807, 2.05) is 38.1 Å². The van der Waals surface area contributed by atoms with Crippen LogP contribution in [0.3, 0.4) is 0 Å². The molecule has 2 heterocycles. The van der Waals surface area contributed by atoms with Gasteiger partial charge in [-0.05, 0) is 38.1 Å². The van der Waals surface area contributed by atoms with E-state index in [1.165, 1.54) is 16.2 Å². The van der Waals surface area contributed by atoms with Crippen LogP contribution in [-0.2, 0) is 14.8 Å². The number of hydrogen-bond acceptors (Lipinski definition) is 5. The van der Waals surface area contributed by atoms with Crippen molar-refractivity contribution in [3.8, 4) is 0 Å². The Balaban J connectivity index is 1.63. The highest BCUT2D eigenvalue weighted by Crippen LogP contribution is 2.23. The third-order valence-electron chi connectivity index (χ3n) is 3.70. The quantitative estimate of drug-likeness (QED) is 0.883. The summed E-state index contributed by atoms with van der Waals surface area (Å²) in [7, 11) is -3.57. The number of sulfonamides is 1. The Morgan fingerprint density at radius 3 is 2.54 bits per heavy atom. The highest BCUT2D eigenvalue weighted by atomic mass is 32.2.